The van der Waals surface area contributed by atoms with Crippen LogP contribution in [0.4, 0.5) is 0 Å². The lowest BCUT2D eigenvalue weighted by Crippen LogP contribution is -2.55. The molecule has 0 aliphatic carbocycles. The van der Waals surface area contributed by atoms with Crippen LogP contribution >= 0.6 is 0 Å². The van der Waals surface area contributed by atoms with Crippen LogP contribution in [0.2, 0.25) is 0 Å². The minimum absolute atomic E-state index is 0.00416. The Morgan fingerprint density at radius 3 is 0.602 bits per heavy atom. The summed E-state index contributed by atoms with van der Waals surface area (Å²) in [6, 6.07) is 19.7. The molecule has 18 rings (SSSR count). The van der Waals surface area contributed by atoms with Gasteiger partial charge < -0.3 is 8.83 Å². The molecule has 0 spiro atoms. The van der Waals surface area contributed by atoms with E-state index in [0.29, 0.717) is 75.5 Å². The van der Waals surface area contributed by atoms with Crippen LogP contribution in [-0.2, 0) is 0 Å². The number of nitrogens with zero attached hydrogens (tertiary/aromatic N) is 8. The highest BCUT2D eigenvalue weighted by molar-refractivity contribution is 6.39. The summed E-state index contributed by atoms with van der Waals surface area (Å²) >= 11 is 0. The summed E-state index contributed by atoms with van der Waals surface area (Å²) in [7, 11) is 0. The van der Waals surface area contributed by atoms with Crippen LogP contribution in [0.3, 0.4) is 0 Å². The van der Waals surface area contributed by atoms with Crippen molar-refractivity contribution in [3.05, 3.63) is 247 Å². The summed E-state index contributed by atoms with van der Waals surface area (Å²) in [6.07, 6.45) is 3.30. The van der Waals surface area contributed by atoms with Crippen LogP contribution in [0.25, 0.3) is 75.4 Å². The van der Waals surface area contributed by atoms with Crippen molar-refractivity contribution in [1.29, 1.82) is 0 Å². The lowest BCUT2D eigenvalue weighted by molar-refractivity contribution is 0.0514. The minimum Gasteiger partial charge on any atom is -0.386 e. The summed E-state index contributed by atoms with van der Waals surface area (Å²) in [5.41, 5.74) is -7.40. The number of benzene rings is 8. The van der Waals surface area contributed by atoms with Crippen molar-refractivity contribution >= 4 is 146 Å². The highest BCUT2D eigenvalue weighted by Crippen LogP contribution is 2.43. The number of hydrogen-bond acceptors (Lipinski definition) is 23. The molecule has 0 radical (unpaired) electrons. The summed E-state index contributed by atoms with van der Waals surface area (Å²) in [6.45, 7) is 11.2. The van der Waals surface area contributed by atoms with Gasteiger partial charge in [-0.25, -0.2) is 30.0 Å². The molecule has 8 aromatic carbocycles. The van der Waals surface area contributed by atoms with Crippen molar-refractivity contribution in [3.8, 4) is 0 Å². The molecule has 12 aromatic rings. The first kappa shape index (κ1) is 68.3. The third-order valence-corrected chi connectivity index (χ3v) is 21.3. The Bertz CT molecular complexity index is 6220. The fraction of sp³-hybridized carbons (Fsp3) is 0.195. The average molecular weight is 1450 g/mol. The maximum absolute atomic E-state index is 14.3. The van der Waals surface area contributed by atoms with E-state index in [1.165, 1.54) is 87.5 Å². The molecule has 0 saturated carbocycles. The zero-order valence-electron chi connectivity index (χ0n) is 57.3. The van der Waals surface area contributed by atoms with Gasteiger partial charge in [0.2, 0.25) is 0 Å². The number of hydrogen-bond donors (Lipinski definition) is 1. The Labute approximate surface area is 600 Å². The summed E-state index contributed by atoms with van der Waals surface area (Å²) in [5.74, 6) is -3.38. The van der Waals surface area contributed by atoms with Crippen molar-refractivity contribution in [2.24, 2.45) is 5.84 Å². The molecule has 2 N–H and O–H groups in total. The molecule has 10 heterocycles. The van der Waals surface area contributed by atoms with E-state index in [2.05, 4.69) is 8.83 Å². The van der Waals surface area contributed by atoms with E-state index in [1.807, 2.05) is 41.5 Å². The Kier molecular flexibility index (Phi) is 15.2. The number of fused-ring (bicyclic) bond motifs is 4. The third kappa shape index (κ3) is 8.91. The molecule has 536 valence electrons. The largest absolute Gasteiger partial charge is 0.386 e. The van der Waals surface area contributed by atoms with Gasteiger partial charge in [-0.15, -0.1) is 0 Å². The quantitative estimate of drug-likeness (QED) is 0.0982. The molecule has 4 aromatic heterocycles. The average Bonchev–Trinajstić information content (AvgIpc) is 0.896. The number of furan rings is 2. The van der Waals surface area contributed by atoms with Gasteiger partial charge in [-0.2, -0.15) is 19.4 Å². The van der Waals surface area contributed by atoms with Gasteiger partial charge >= 0.3 is 22.5 Å². The maximum Gasteiger partial charge on any atom is 0.346 e. The normalized spacial score (nSPS) is 15.3. The van der Waals surface area contributed by atoms with Crippen LogP contribution in [0.1, 0.15) is 204 Å². The topological polar surface area (TPSA) is 423 Å². The van der Waals surface area contributed by atoms with E-state index in [9.17, 15) is 95.9 Å². The van der Waals surface area contributed by atoms with Gasteiger partial charge in [0, 0.05) is 83.8 Å². The van der Waals surface area contributed by atoms with Crippen LogP contribution in [-0.4, -0.2) is 118 Å². The number of hydrazine groups is 1. The van der Waals surface area contributed by atoms with Crippen LogP contribution in [0, 0.1) is 0 Å². The molecule has 0 unspecified atom stereocenters. The molecule has 6 aliphatic rings. The molecule has 0 saturated heterocycles. The molecule has 0 fully saturated rings. The van der Waals surface area contributed by atoms with E-state index >= 15 is 0 Å². The van der Waals surface area contributed by atoms with Crippen molar-refractivity contribution in [2.75, 3.05) is 10.0 Å². The Balaban J connectivity index is 0.000000171. The number of carbonyl (C=O) groups is 12. The molecule has 0 bridgehead atoms. The summed E-state index contributed by atoms with van der Waals surface area (Å²) in [4.78, 5) is 268. The second-order valence-corrected chi connectivity index (χ2v) is 26.5. The van der Waals surface area contributed by atoms with Crippen molar-refractivity contribution in [3.63, 3.8) is 0 Å². The predicted octanol–water partition coefficient (Wildman–Crippen LogP) is 5.24. The Morgan fingerprint density at radius 2 is 0.417 bits per heavy atom. The number of aromatic nitrogens is 2. The molecular weight excluding hydrogens is 1400 g/mol. The van der Waals surface area contributed by atoms with Crippen molar-refractivity contribution in [2.45, 2.75) is 98.2 Å². The van der Waals surface area contributed by atoms with Crippen molar-refractivity contribution < 1.29 is 66.4 Å². The van der Waals surface area contributed by atoms with E-state index < -0.39 is 149 Å². The number of carbonyl (C=O) groups excluding carboxylic acids is 12. The van der Waals surface area contributed by atoms with Gasteiger partial charge in [0.15, 0.2) is 0 Å². The monoisotopic (exact) mass is 1450 g/mol. The second-order valence-electron chi connectivity index (χ2n) is 26.5. The maximum atomic E-state index is 14.3. The van der Waals surface area contributed by atoms with Gasteiger partial charge in [0.05, 0.1) is 76.5 Å². The molecular formula is C77H51N9O22. The van der Waals surface area contributed by atoms with Crippen LogP contribution < -0.4 is 60.6 Å². The Hall–Kier alpha value is -14.1. The number of nitrogens with two attached hydrogens (primary N) is 1. The molecule has 0 atom stereocenters. The number of rotatable bonds is 11. The standard InChI is InChI=1S/C48H32N6O12.C19H17N3O4.C10H2O6/c1-5-19(6-2)49-37(55)21-9-13-25-35-26(14-10-22(33(21)35)38(49)56)42(60)51(41(25)59)53-45(63)29-17-31-32(18-30(29)46(53)64)48(66)54(47(31)65)52-43(61)27-15-11-23-34-24(12-16-28(36(27)34)44(52)62)40(58)50(39(23)57)20(7-3)8-4;1-3-9(4-2)21-16(23)10-5-7-12-15-13(19(26)22(20)18(12)25)8-6-11(14(10)15)17(21)24;11-7-3-1-4-6(10(14)16-8(4)12)2-5(3)9(13)15-7/h9-20H,5-8H2,1-4H3;5-9H,3-4,20H2,1-2H3;1-2H. The predicted molar refractivity (Wildman–Crippen MR) is 383 cm³/mol. The summed E-state index contributed by atoms with van der Waals surface area (Å²) in [5, 5.41) is 0.128. The molecule has 6 aliphatic heterocycles. The summed E-state index contributed by atoms with van der Waals surface area (Å²) < 4.78 is 9.26. The molecule has 31 nitrogen and oxygen atoms in total. The van der Waals surface area contributed by atoms with Gasteiger partial charge in [-0.1, -0.05) is 41.5 Å². The van der Waals surface area contributed by atoms with Crippen molar-refractivity contribution in [1.82, 2.24) is 29.1 Å². The zero-order valence-corrected chi connectivity index (χ0v) is 57.3. The van der Waals surface area contributed by atoms with Gasteiger partial charge in [0.1, 0.15) is 0 Å². The van der Waals surface area contributed by atoms with E-state index in [-0.39, 0.29) is 114 Å². The van der Waals surface area contributed by atoms with E-state index in [1.54, 1.807) is 0 Å². The van der Waals surface area contributed by atoms with Gasteiger partial charge in [-0.3, -0.25) is 91.4 Å². The smallest absolute Gasteiger partial charge is 0.346 e. The number of amides is 12. The SMILES string of the molecule is CCC(CC)N1C(=O)c2ccc3c4c(ccc(c24)C1=O)C(=O)N(N)C3=O.CCC(CC)N1C(=O)c2ccc3c4c(ccc(c24)C1=O)C(=O)N(n1c(=O)c2cc4c(=O)n(N5C(=O)c6ccc7c8c(ccc(c68)C5=O)C(=O)N(C(CC)CC)C7=O)c(=O)c4cc2c1=O)C3=O.O=c1oc(=O)c2cc3c(=O)oc(=O)c3cc12. The second kappa shape index (κ2) is 24.0. The highest BCUT2D eigenvalue weighted by Gasteiger charge is 2.47. The number of imide groups is 6. The van der Waals surface area contributed by atoms with Gasteiger partial charge in [0.25, 0.3) is 93.1 Å². The first-order valence-corrected chi connectivity index (χ1v) is 34.1. The lowest BCUT2D eigenvalue weighted by atomic mass is 9.85. The highest BCUT2D eigenvalue weighted by atomic mass is 16.4. The van der Waals surface area contributed by atoms with Gasteiger partial charge in [-0.05, 0) is 136 Å². The fourth-order valence-corrected chi connectivity index (χ4v) is 16.0. The Morgan fingerprint density at radius 1 is 0.250 bits per heavy atom. The molecule has 108 heavy (non-hydrogen) atoms. The first-order chi connectivity index (χ1) is 51.6. The zero-order chi connectivity index (χ0) is 76.9. The third-order valence-electron chi connectivity index (χ3n) is 21.3. The lowest BCUT2D eigenvalue weighted by Gasteiger charge is -2.34. The fourth-order valence-electron chi connectivity index (χ4n) is 16.0. The molecule has 12 amide bonds. The minimum atomic E-state index is -1.22. The first-order valence-electron chi connectivity index (χ1n) is 34.1. The van der Waals surface area contributed by atoms with Crippen LogP contribution in [0.15, 0.2) is 144 Å². The van der Waals surface area contributed by atoms with E-state index in [4.69, 9.17) is 5.84 Å². The van der Waals surface area contributed by atoms with Crippen LogP contribution in [0.5, 0.6) is 0 Å². The molecule has 31 heteroatoms. The van der Waals surface area contributed by atoms with E-state index in [0.717, 1.165) is 24.3 Å².